The van der Waals surface area contributed by atoms with Crippen LogP contribution in [0.3, 0.4) is 0 Å². The number of anilines is 2. The minimum Gasteiger partial charge on any atom is -0.494 e. The van der Waals surface area contributed by atoms with Crippen LogP contribution in [0.25, 0.3) is 0 Å². The molecule has 0 aliphatic carbocycles. The quantitative estimate of drug-likeness (QED) is 0.453. The molecule has 2 aliphatic heterocycles. The summed E-state index contributed by atoms with van der Waals surface area (Å²) in [6.45, 7) is 2.41. The van der Waals surface area contributed by atoms with Gasteiger partial charge in [-0.1, -0.05) is 47.5 Å². The molecule has 5 rings (SSSR count). The largest absolute Gasteiger partial charge is 0.494 e. The van der Waals surface area contributed by atoms with Crippen LogP contribution < -0.4 is 14.7 Å². The van der Waals surface area contributed by atoms with Crippen molar-refractivity contribution in [2.75, 3.05) is 16.6 Å². The highest BCUT2D eigenvalue weighted by atomic mass is 35.5. The highest BCUT2D eigenvalue weighted by molar-refractivity contribution is 6.35. The molecule has 2 saturated heterocycles. The molecule has 0 bridgehead atoms. The maximum absolute atomic E-state index is 13.6. The van der Waals surface area contributed by atoms with E-state index in [0.29, 0.717) is 33.7 Å². The summed E-state index contributed by atoms with van der Waals surface area (Å²) in [5, 5.41) is 2.49. The van der Waals surface area contributed by atoms with Gasteiger partial charge in [0.05, 0.1) is 24.0 Å². The van der Waals surface area contributed by atoms with Crippen molar-refractivity contribution in [3.63, 3.8) is 0 Å². The fraction of sp³-hybridized carbons (Fsp3) is 0.200. The van der Waals surface area contributed by atoms with E-state index >= 15 is 0 Å². The van der Waals surface area contributed by atoms with Crippen LogP contribution in [0.1, 0.15) is 18.5 Å². The molecule has 0 radical (unpaired) electrons. The highest BCUT2D eigenvalue weighted by Crippen LogP contribution is 2.49. The lowest BCUT2D eigenvalue weighted by Crippen LogP contribution is -2.37. The number of ether oxygens (including phenoxy) is 1. The smallest absolute Gasteiger partial charge is 0.266 e. The van der Waals surface area contributed by atoms with Gasteiger partial charge >= 0.3 is 0 Å². The van der Waals surface area contributed by atoms with Gasteiger partial charge < -0.3 is 4.74 Å². The van der Waals surface area contributed by atoms with Gasteiger partial charge in [-0.2, -0.15) is 0 Å². The van der Waals surface area contributed by atoms with Gasteiger partial charge in [-0.05, 0) is 61.0 Å². The van der Waals surface area contributed by atoms with E-state index < -0.39 is 24.0 Å². The standard InChI is InChI=1S/C25H20Cl2N2O4/c1-2-32-18-11-9-16(10-12-18)28-24(30)21-22(19-13-8-15(26)14-20(19)27)29(33-23(21)25(28)31)17-6-4-3-5-7-17/h3-14,21-23H,2H2,1H3/t21-,22+,23+/m1/s1. The van der Waals surface area contributed by atoms with Gasteiger partial charge in [0.1, 0.15) is 11.7 Å². The van der Waals surface area contributed by atoms with Crippen LogP contribution in [-0.2, 0) is 14.4 Å². The minimum atomic E-state index is -0.971. The van der Waals surface area contributed by atoms with Gasteiger partial charge in [-0.25, -0.2) is 9.96 Å². The van der Waals surface area contributed by atoms with Crippen molar-refractivity contribution in [3.8, 4) is 5.75 Å². The number of fused-ring (bicyclic) bond motifs is 1. The zero-order chi connectivity index (χ0) is 23.1. The van der Waals surface area contributed by atoms with E-state index in [1.807, 2.05) is 37.3 Å². The molecule has 0 N–H and O–H groups in total. The molecule has 2 amide bonds. The maximum atomic E-state index is 13.6. The summed E-state index contributed by atoms with van der Waals surface area (Å²) in [5.41, 5.74) is 1.85. The summed E-state index contributed by atoms with van der Waals surface area (Å²) < 4.78 is 5.47. The summed E-state index contributed by atoms with van der Waals surface area (Å²) in [7, 11) is 0. The third kappa shape index (κ3) is 3.74. The minimum absolute atomic E-state index is 0.344. The summed E-state index contributed by atoms with van der Waals surface area (Å²) >= 11 is 12.7. The average molecular weight is 483 g/mol. The highest BCUT2D eigenvalue weighted by Gasteiger charge is 2.60. The number of amides is 2. The number of imide groups is 1. The summed E-state index contributed by atoms with van der Waals surface area (Å²) in [5.74, 6) is -0.868. The van der Waals surface area contributed by atoms with Crippen LogP contribution in [0.5, 0.6) is 5.75 Å². The Kier molecular flexibility index (Phi) is 5.74. The van der Waals surface area contributed by atoms with Crippen molar-refractivity contribution in [1.29, 1.82) is 0 Å². The monoisotopic (exact) mass is 482 g/mol. The van der Waals surface area contributed by atoms with E-state index in [0.717, 1.165) is 5.69 Å². The number of benzene rings is 3. The fourth-order valence-corrected chi connectivity index (χ4v) is 4.90. The number of para-hydroxylation sites is 1. The molecule has 3 aromatic rings. The van der Waals surface area contributed by atoms with E-state index in [4.69, 9.17) is 32.8 Å². The first-order valence-electron chi connectivity index (χ1n) is 10.6. The predicted octanol–water partition coefficient (Wildman–Crippen LogP) is 5.44. The van der Waals surface area contributed by atoms with Crippen LogP contribution in [0.4, 0.5) is 11.4 Å². The van der Waals surface area contributed by atoms with Crippen LogP contribution in [0.2, 0.25) is 10.0 Å². The second kappa shape index (κ2) is 8.71. The van der Waals surface area contributed by atoms with Crippen LogP contribution in [0, 0.1) is 5.92 Å². The SMILES string of the molecule is CCOc1ccc(N2C(=O)[C@H]3[C@H](ON(c4ccccc4)[C@H]3c3ccc(Cl)cc3Cl)C2=O)cc1. The molecule has 6 nitrogen and oxygen atoms in total. The van der Waals surface area contributed by atoms with E-state index in [-0.39, 0.29) is 5.91 Å². The normalized spacial score (nSPS) is 22.1. The molecule has 0 saturated carbocycles. The molecule has 3 aromatic carbocycles. The predicted molar refractivity (Wildman–Crippen MR) is 127 cm³/mol. The molecule has 2 fully saturated rings. The number of carbonyl (C=O) groups excluding carboxylic acids is 2. The Morgan fingerprint density at radius 3 is 2.30 bits per heavy atom. The summed E-state index contributed by atoms with van der Waals surface area (Å²) in [4.78, 5) is 34.3. The first kappa shape index (κ1) is 21.8. The molecule has 168 valence electrons. The number of hydrogen-bond donors (Lipinski definition) is 0. The Morgan fingerprint density at radius 1 is 0.909 bits per heavy atom. The van der Waals surface area contributed by atoms with Gasteiger partial charge in [-0.15, -0.1) is 0 Å². The van der Waals surface area contributed by atoms with Gasteiger partial charge in [0, 0.05) is 10.0 Å². The van der Waals surface area contributed by atoms with Crippen molar-refractivity contribution >= 4 is 46.4 Å². The Bertz CT molecular complexity index is 1200. The number of rotatable bonds is 5. The number of nitrogens with zero attached hydrogens (tertiary/aromatic N) is 2. The number of hydrogen-bond acceptors (Lipinski definition) is 5. The van der Waals surface area contributed by atoms with Crippen LogP contribution in [0.15, 0.2) is 72.8 Å². The fourth-order valence-electron chi connectivity index (χ4n) is 4.38. The van der Waals surface area contributed by atoms with E-state index in [9.17, 15) is 9.59 Å². The molecular weight excluding hydrogens is 463 g/mol. The maximum Gasteiger partial charge on any atom is 0.266 e. The molecule has 3 atom stereocenters. The van der Waals surface area contributed by atoms with Crippen molar-refractivity contribution < 1.29 is 19.2 Å². The molecule has 33 heavy (non-hydrogen) atoms. The van der Waals surface area contributed by atoms with Gasteiger partial charge in [0.25, 0.3) is 5.91 Å². The molecular formula is C25H20Cl2N2O4. The van der Waals surface area contributed by atoms with E-state index in [2.05, 4.69) is 0 Å². The van der Waals surface area contributed by atoms with Gasteiger partial charge in [-0.3, -0.25) is 14.4 Å². The lowest BCUT2D eigenvalue weighted by Gasteiger charge is -2.29. The summed E-state index contributed by atoms with van der Waals surface area (Å²) in [6, 6.07) is 20.7. The molecule has 2 heterocycles. The third-order valence-electron chi connectivity index (χ3n) is 5.81. The number of carbonyl (C=O) groups is 2. The Labute approximate surface area is 201 Å². The zero-order valence-electron chi connectivity index (χ0n) is 17.7. The summed E-state index contributed by atoms with van der Waals surface area (Å²) in [6.07, 6.45) is -0.971. The Hall–Kier alpha value is -3.06. The second-order valence-corrected chi connectivity index (χ2v) is 8.61. The third-order valence-corrected chi connectivity index (χ3v) is 6.38. The average Bonchev–Trinajstić information content (AvgIpc) is 3.31. The molecule has 0 unspecified atom stereocenters. The first-order valence-corrected chi connectivity index (χ1v) is 11.3. The van der Waals surface area contributed by atoms with E-state index in [1.165, 1.54) is 4.90 Å². The topological polar surface area (TPSA) is 59.1 Å². The Morgan fingerprint density at radius 2 is 1.64 bits per heavy atom. The second-order valence-electron chi connectivity index (χ2n) is 7.76. The van der Waals surface area contributed by atoms with Gasteiger partial charge in [0.15, 0.2) is 6.10 Å². The zero-order valence-corrected chi connectivity index (χ0v) is 19.2. The molecule has 2 aliphatic rings. The first-order chi connectivity index (χ1) is 16.0. The van der Waals surface area contributed by atoms with Crippen molar-refractivity contribution in [3.05, 3.63) is 88.4 Å². The number of hydroxylamine groups is 1. The van der Waals surface area contributed by atoms with Crippen molar-refractivity contribution in [2.24, 2.45) is 5.92 Å². The van der Waals surface area contributed by atoms with Crippen LogP contribution >= 0.6 is 23.2 Å². The van der Waals surface area contributed by atoms with E-state index in [1.54, 1.807) is 47.5 Å². The molecule has 0 aromatic heterocycles. The molecule has 8 heteroatoms. The van der Waals surface area contributed by atoms with Crippen molar-refractivity contribution in [1.82, 2.24) is 0 Å². The van der Waals surface area contributed by atoms with Crippen LogP contribution in [-0.4, -0.2) is 24.5 Å². The van der Waals surface area contributed by atoms with Crippen molar-refractivity contribution in [2.45, 2.75) is 19.1 Å². The molecule has 0 spiro atoms. The lowest BCUT2D eigenvalue weighted by molar-refractivity contribution is -0.126. The Balaban J connectivity index is 1.55. The lowest BCUT2D eigenvalue weighted by atomic mass is 9.90. The van der Waals surface area contributed by atoms with Gasteiger partial charge in [0.2, 0.25) is 5.91 Å². The number of halogens is 2.